The van der Waals surface area contributed by atoms with E-state index in [-0.39, 0.29) is 12.4 Å². The van der Waals surface area contributed by atoms with E-state index in [1.807, 2.05) is 4.68 Å². The van der Waals surface area contributed by atoms with Gasteiger partial charge < -0.3 is 18.1 Å². The molecule has 1 atom stereocenters. The molecular weight excluding hydrogens is 248 g/mol. The number of aromatic nitrogens is 3. The van der Waals surface area contributed by atoms with Crippen LogP contribution in [0.25, 0.3) is 5.69 Å². The number of fused-ring (bicyclic) bond motifs is 1. The van der Waals surface area contributed by atoms with Crippen molar-refractivity contribution < 1.29 is 17.0 Å². The van der Waals surface area contributed by atoms with Gasteiger partial charge >= 0.3 is 0 Å². The molecule has 96 valence electrons. The molecule has 0 saturated carbocycles. The van der Waals surface area contributed by atoms with Gasteiger partial charge in [0.25, 0.3) is 5.82 Å². The number of hydrogen-bond acceptors (Lipinski definition) is 2. The number of hydrogen-bond donors (Lipinski definition) is 1. The molecule has 5 heteroatoms. The van der Waals surface area contributed by atoms with Gasteiger partial charge in [-0.2, -0.15) is 0 Å². The number of halogens is 1. The van der Waals surface area contributed by atoms with Crippen LogP contribution in [0.2, 0.25) is 0 Å². The minimum atomic E-state index is 0. The fourth-order valence-electron chi connectivity index (χ4n) is 2.36. The molecule has 1 aromatic carbocycles. The van der Waals surface area contributed by atoms with Crippen molar-refractivity contribution in [2.24, 2.45) is 5.73 Å². The topological polar surface area (TPSA) is 47.7 Å². The predicted molar refractivity (Wildman–Crippen MR) is 64.9 cm³/mol. The number of benzene rings is 1. The van der Waals surface area contributed by atoms with Crippen LogP contribution in [0.5, 0.6) is 0 Å². The van der Waals surface area contributed by atoms with Gasteiger partial charge in [0.05, 0.1) is 6.04 Å². The van der Waals surface area contributed by atoms with E-state index in [1.165, 1.54) is 5.56 Å². The summed E-state index contributed by atoms with van der Waals surface area (Å²) in [6.45, 7) is 2.78. The van der Waals surface area contributed by atoms with Gasteiger partial charge in [-0.05, 0) is 25.5 Å². The van der Waals surface area contributed by atoms with Gasteiger partial charge in [0.2, 0.25) is 6.33 Å². The van der Waals surface area contributed by atoms with Crippen molar-refractivity contribution in [3.8, 4) is 5.69 Å². The SMILES string of the molecule is Cc1ccc(-n2c[n+]3c(n2)CC[C@H]3CN)cc1.[Cl-]. The second kappa shape index (κ2) is 5.08. The van der Waals surface area contributed by atoms with Crippen LogP contribution in [0.15, 0.2) is 30.6 Å². The third-order valence-electron chi connectivity index (χ3n) is 3.42. The molecule has 2 N–H and O–H groups in total. The zero-order chi connectivity index (χ0) is 11.8. The molecule has 2 heterocycles. The second-order valence-corrected chi connectivity index (χ2v) is 4.65. The molecule has 0 amide bonds. The summed E-state index contributed by atoms with van der Waals surface area (Å²) in [5.41, 5.74) is 8.13. The number of nitrogens with zero attached hydrogens (tertiary/aromatic N) is 3. The Morgan fingerprint density at radius 1 is 1.39 bits per heavy atom. The Labute approximate surface area is 113 Å². The van der Waals surface area contributed by atoms with Crippen LogP contribution < -0.4 is 22.7 Å². The molecule has 1 aliphatic heterocycles. The highest BCUT2D eigenvalue weighted by Crippen LogP contribution is 2.16. The third-order valence-corrected chi connectivity index (χ3v) is 3.42. The first-order chi connectivity index (χ1) is 8.28. The minimum absolute atomic E-state index is 0. The van der Waals surface area contributed by atoms with E-state index in [0.717, 1.165) is 24.4 Å². The van der Waals surface area contributed by atoms with E-state index in [4.69, 9.17) is 5.73 Å². The van der Waals surface area contributed by atoms with Crippen LogP contribution in [0, 0.1) is 6.92 Å². The van der Waals surface area contributed by atoms with E-state index in [0.29, 0.717) is 12.6 Å². The van der Waals surface area contributed by atoms with Crippen LogP contribution in [-0.4, -0.2) is 16.3 Å². The average Bonchev–Trinajstić information content (AvgIpc) is 2.89. The van der Waals surface area contributed by atoms with Gasteiger partial charge in [0.15, 0.2) is 0 Å². The minimum Gasteiger partial charge on any atom is -1.00 e. The van der Waals surface area contributed by atoms with Gasteiger partial charge in [-0.1, -0.05) is 22.4 Å². The summed E-state index contributed by atoms with van der Waals surface area (Å²) in [7, 11) is 0. The summed E-state index contributed by atoms with van der Waals surface area (Å²) in [5, 5.41) is 4.61. The lowest BCUT2D eigenvalue weighted by Gasteiger charge is -2.02. The Bertz CT molecular complexity index is 532. The Hall–Kier alpha value is -1.39. The Morgan fingerprint density at radius 2 is 2.11 bits per heavy atom. The van der Waals surface area contributed by atoms with Gasteiger partial charge in [-0.15, -0.1) is 0 Å². The molecular formula is C13H17ClN4. The number of aryl methyl sites for hydroxylation is 2. The first kappa shape index (κ1) is 13.1. The average molecular weight is 265 g/mol. The highest BCUT2D eigenvalue weighted by Gasteiger charge is 2.30. The molecule has 0 radical (unpaired) electrons. The van der Waals surface area contributed by atoms with Gasteiger partial charge in [0, 0.05) is 18.1 Å². The summed E-state index contributed by atoms with van der Waals surface area (Å²) in [6.07, 6.45) is 4.21. The van der Waals surface area contributed by atoms with Crippen molar-refractivity contribution in [1.29, 1.82) is 0 Å². The maximum atomic E-state index is 5.76. The number of nitrogens with two attached hydrogens (primary N) is 1. The molecule has 18 heavy (non-hydrogen) atoms. The highest BCUT2D eigenvalue weighted by atomic mass is 35.5. The second-order valence-electron chi connectivity index (χ2n) is 4.65. The standard InChI is InChI=1S/C13H17N4.ClH/c1-10-2-4-11(5-3-10)17-9-16-12(8-14)6-7-13(16)15-17;/h2-5,9,12H,6-8,14H2,1H3;1H/q+1;/p-1/t12-;/m0./s1. The largest absolute Gasteiger partial charge is 1.00 e. The van der Waals surface area contributed by atoms with E-state index in [9.17, 15) is 0 Å². The highest BCUT2D eigenvalue weighted by molar-refractivity contribution is 5.32. The summed E-state index contributed by atoms with van der Waals surface area (Å²) >= 11 is 0. The third kappa shape index (κ3) is 2.13. The smallest absolute Gasteiger partial charge is 0.278 e. The molecule has 3 rings (SSSR count). The molecule has 0 unspecified atom stereocenters. The first-order valence-corrected chi connectivity index (χ1v) is 6.05. The summed E-state index contributed by atoms with van der Waals surface area (Å²) in [5.74, 6) is 1.14. The fraction of sp³-hybridized carbons (Fsp3) is 0.385. The molecule has 0 aliphatic carbocycles. The number of rotatable bonds is 2. The van der Waals surface area contributed by atoms with Gasteiger partial charge in [0.1, 0.15) is 5.69 Å². The molecule has 2 aromatic rings. The maximum absolute atomic E-state index is 5.76. The fourth-order valence-corrected chi connectivity index (χ4v) is 2.36. The molecule has 1 aromatic heterocycles. The molecule has 0 saturated heterocycles. The van der Waals surface area contributed by atoms with Gasteiger partial charge in [-0.25, -0.2) is 4.57 Å². The monoisotopic (exact) mass is 264 g/mol. The molecule has 1 aliphatic rings. The quantitative estimate of drug-likeness (QED) is 0.633. The van der Waals surface area contributed by atoms with Crippen LogP contribution in [-0.2, 0) is 6.42 Å². The van der Waals surface area contributed by atoms with E-state index in [2.05, 4.69) is 47.2 Å². The van der Waals surface area contributed by atoms with Crippen molar-refractivity contribution in [2.75, 3.05) is 6.54 Å². The van der Waals surface area contributed by atoms with E-state index < -0.39 is 0 Å². The maximum Gasteiger partial charge on any atom is 0.278 e. The Balaban J connectivity index is 0.00000120. The van der Waals surface area contributed by atoms with Crippen LogP contribution in [0.3, 0.4) is 0 Å². The zero-order valence-electron chi connectivity index (χ0n) is 10.4. The molecule has 4 nitrogen and oxygen atoms in total. The van der Waals surface area contributed by atoms with Gasteiger partial charge in [-0.3, -0.25) is 0 Å². The summed E-state index contributed by atoms with van der Waals surface area (Å²) < 4.78 is 4.15. The van der Waals surface area contributed by atoms with Crippen LogP contribution >= 0.6 is 0 Å². The first-order valence-electron chi connectivity index (χ1n) is 6.05. The normalized spacial score (nSPS) is 17.3. The summed E-state index contributed by atoms with van der Waals surface area (Å²) in [6, 6.07) is 8.81. The van der Waals surface area contributed by atoms with E-state index in [1.54, 1.807) is 0 Å². The van der Waals surface area contributed by atoms with Crippen molar-refractivity contribution in [2.45, 2.75) is 25.8 Å². The van der Waals surface area contributed by atoms with Crippen molar-refractivity contribution >= 4 is 0 Å². The lowest BCUT2D eigenvalue weighted by molar-refractivity contribution is -0.714. The zero-order valence-corrected chi connectivity index (χ0v) is 11.1. The van der Waals surface area contributed by atoms with Crippen molar-refractivity contribution in [1.82, 2.24) is 9.78 Å². The Kier molecular flexibility index (Phi) is 3.68. The van der Waals surface area contributed by atoms with Crippen molar-refractivity contribution in [3.63, 3.8) is 0 Å². The van der Waals surface area contributed by atoms with E-state index >= 15 is 0 Å². The molecule has 0 spiro atoms. The van der Waals surface area contributed by atoms with Crippen molar-refractivity contribution in [3.05, 3.63) is 42.0 Å². The summed E-state index contributed by atoms with van der Waals surface area (Å²) in [4.78, 5) is 0. The lowest BCUT2D eigenvalue weighted by atomic mass is 10.2. The predicted octanol–water partition coefficient (Wildman–Crippen LogP) is -2.08. The molecule has 0 bridgehead atoms. The Morgan fingerprint density at radius 3 is 2.78 bits per heavy atom. The van der Waals surface area contributed by atoms with Crippen LogP contribution in [0.1, 0.15) is 23.9 Å². The lowest BCUT2D eigenvalue weighted by Crippen LogP contribution is -3.00. The van der Waals surface area contributed by atoms with Crippen LogP contribution in [0.4, 0.5) is 0 Å². The molecule has 0 fully saturated rings.